The van der Waals surface area contributed by atoms with Crippen molar-refractivity contribution in [3.05, 3.63) is 41.7 Å². The largest absolute Gasteiger partial charge is 0.307 e. The topological polar surface area (TPSA) is 55.6 Å². The van der Waals surface area contributed by atoms with Crippen molar-refractivity contribution in [3.63, 3.8) is 0 Å². The fourth-order valence-corrected chi connectivity index (χ4v) is 1.70. The summed E-state index contributed by atoms with van der Waals surface area (Å²) in [5, 5.41) is 15.2. The Balaban J connectivity index is 1.80. The highest BCUT2D eigenvalue weighted by Gasteiger charge is 2.05. The Bertz CT molecular complexity index is 451. The molecule has 1 heterocycles. The van der Waals surface area contributed by atoms with E-state index in [1.165, 1.54) is 10.4 Å². The first-order valence-electron chi connectivity index (χ1n) is 5.74. The number of hydrogen-bond acceptors (Lipinski definition) is 4. The van der Waals surface area contributed by atoms with E-state index in [9.17, 15) is 0 Å². The van der Waals surface area contributed by atoms with Crippen LogP contribution in [0.25, 0.3) is 0 Å². The molecule has 0 fully saturated rings. The third kappa shape index (κ3) is 3.64. The van der Waals surface area contributed by atoms with Crippen LogP contribution in [0.5, 0.6) is 0 Å². The molecular weight excluding hydrogens is 214 g/mol. The summed E-state index contributed by atoms with van der Waals surface area (Å²) in [7, 11) is 1.77. The second-order valence-corrected chi connectivity index (χ2v) is 4.17. The van der Waals surface area contributed by atoms with Crippen molar-refractivity contribution < 1.29 is 0 Å². The zero-order chi connectivity index (χ0) is 12.1. The molecule has 0 radical (unpaired) electrons. The van der Waals surface area contributed by atoms with Gasteiger partial charge in [-0.25, -0.2) is 0 Å². The number of nitrogens with zero attached hydrogens (tertiary/aromatic N) is 4. The molecule has 5 heteroatoms. The predicted octanol–water partition coefficient (Wildman–Crippen LogP) is 0.931. The minimum absolute atomic E-state index is 0.390. The van der Waals surface area contributed by atoms with E-state index in [-0.39, 0.29) is 0 Å². The van der Waals surface area contributed by atoms with Gasteiger partial charge in [0.1, 0.15) is 0 Å². The van der Waals surface area contributed by atoms with Gasteiger partial charge >= 0.3 is 0 Å². The van der Waals surface area contributed by atoms with E-state index in [1.54, 1.807) is 7.05 Å². The van der Waals surface area contributed by atoms with Crippen LogP contribution in [-0.2, 0) is 20.0 Å². The lowest BCUT2D eigenvalue weighted by molar-refractivity contribution is 0.531. The van der Waals surface area contributed by atoms with Crippen LogP contribution in [0.1, 0.15) is 18.3 Å². The Hall–Kier alpha value is -1.75. The molecule has 1 atom stereocenters. The van der Waals surface area contributed by atoms with Crippen LogP contribution in [0.15, 0.2) is 30.3 Å². The van der Waals surface area contributed by atoms with Gasteiger partial charge < -0.3 is 5.32 Å². The SMILES string of the molecule is CC(Cc1ccccc1)NCc1nnn(C)n1. The van der Waals surface area contributed by atoms with E-state index in [1.807, 2.05) is 6.07 Å². The van der Waals surface area contributed by atoms with Crippen LogP contribution in [0.4, 0.5) is 0 Å². The number of hydrogen-bond donors (Lipinski definition) is 1. The molecule has 1 unspecified atom stereocenters. The number of benzene rings is 1. The molecule has 0 bridgehead atoms. The quantitative estimate of drug-likeness (QED) is 0.831. The normalized spacial score (nSPS) is 12.6. The summed E-state index contributed by atoms with van der Waals surface area (Å²) < 4.78 is 0. The highest BCUT2D eigenvalue weighted by Crippen LogP contribution is 2.02. The van der Waals surface area contributed by atoms with E-state index >= 15 is 0 Å². The molecule has 1 aromatic heterocycles. The third-order valence-corrected chi connectivity index (χ3v) is 2.54. The molecule has 0 aliphatic rings. The summed E-state index contributed by atoms with van der Waals surface area (Å²) in [4.78, 5) is 1.47. The number of rotatable bonds is 5. The van der Waals surface area contributed by atoms with Gasteiger partial charge in [0, 0.05) is 6.04 Å². The molecule has 90 valence electrons. The number of aromatic nitrogens is 4. The van der Waals surface area contributed by atoms with Gasteiger partial charge in [0.05, 0.1) is 13.6 Å². The Labute approximate surface area is 101 Å². The van der Waals surface area contributed by atoms with Crippen molar-refractivity contribution in [1.82, 2.24) is 25.5 Å². The second-order valence-electron chi connectivity index (χ2n) is 4.17. The Morgan fingerprint density at radius 2 is 2.06 bits per heavy atom. The van der Waals surface area contributed by atoms with Gasteiger partial charge in [0.25, 0.3) is 0 Å². The van der Waals surface area contributed by atoms with E-state index in [2.05, 4.69) is 51.9 Å². The highest BCUT2D eigenvalue weighted by atomic mass is 15.6. The van der Waals surface area contributed by atoms with Crippen molar-refractivity contribution >= 4 is 0 Å². The summed E-state index contributed by atoms with van der Waals surface area (Å²) >= 11 is 0. The summed E-state index contributed by atoms with van der Waals surface area (Å²) in [6.45, 7) is 2.81. The lowest BCUT2D eigenvalue weighted by atomic mass is 10.1. The molecule has 1 aromatic carbocycles. The minimum atomic E-state index is 0.390. The van der Waals surface area contributed by atoms with E-state index in [0.717, 1.165) is 12.2 Å². The van der Waals surface area contributed by atoms with Gasteiger partial charge in [-0.2, -0.15) is 4.80 Å². The van der Waals surface area contributed by atoms with Gasteiger partial charge in [-0.3, -0.25) is 0 Å². The van der Waals surface area contributed by atoms with Crippen LogP contribution < -0.4 is 5.32 Å². The van der Waals surface area contributed by atoms with Crippen molar-refractivity contribution in [3.8, 4) is 0 Å². The van der Waals surface area contributed by atoms with Crippen molar-refractivity contribution in [2.45, 2.75) is 25.9 Å². The van der Waals surface area contributed by atoms with E-state index in [0.29, 0.717) is 12.6 Å². The highest BCUT2D eigenvalue weighted by molar-refractivity contribution is 5.15. The van der Waals surface area contributed by atoms with Gasteiger partial charge in [-0.1, -0.05) is 30.3 Å². The molecular formula is C12H17N5. The zero-order valence-corrected chi connectivity index (χ0v) is 10.2. The molecule has 1 N–H and O–H groups in total. The van der Waals surface area contributed by atoms with Gasteiger partial charge in [-0.15, -0.1) is 10.2 Å². The summed E-state index contributed by atoms with van der Waals surface area (Å²) in [6, 6.07) is 10.8. The van der Waals surface area contributed by atoms with Gasteiger partial charge in [0.2, 0.25) is 0 Å². The van der Waals surface area contributed by atoms with E-state index in [4.69, 9.17) is 0 Å². The molecule has 0 aliphatic heterocycles. The summed E-state index contributed by atoms with van der Waals surface area (Å²) in [6.07, 6.45) is 1.00. The van der Waals surface area contributed by atoms with Crippen molar-refractivity contribution in [2.75, 3.05) is 0 Å². The lowest BCUT2D eigenvalue weighted by Crippen LogP contribution is -2.28. The fourth-order valence-electron chi connectivity index (χ4n) is 1.70. The number of nitrogens with one attached hydrogen (secondary N) is 1. The predicted molar refractivity (Wildman–Crippen MR) is 65.2 cm³/mol. The Morgan fingerprint density at radius 1 is 1.29 bits per heavy atom. The first-order chi connectivity index (χ1) is 8.24. The molecule has 0 spiro atoms. The maximum atomic E-state index is 4.12. The average molecular weight is 231 g/mol. The summed E-state index contributed by atoms with van der Waals surface area (Å²) in [5.74, 6) is 0.729. The third-order valence-electron chi connectivity index (χ3n) is 2.54. The summed E-state index contributed by atoms with van der Waals surface area (Å²) in [5.41, 5.74) is 1.33. The molecule has 0 amide bonds. The number of aryl methyl sites for hydroxylation is 1. The van der Waals surface area contributed by atoms with Crippen LogP contribution in [-0.4, -0.2) is 26.2 Å². The smallest absolute Gasteiger partial charge is 0.188 e. The van der Waals surface area contributed by atoms with Crippen LogP contribution in [0, 0.1) is 0 Å². The maximum absolute atomic E-state index is 4.12. The fraction of sp³-hybridized carbons (Fsp3) is 0.417. The monoisotopic (exact) mass is 231 g/mol. The molecule has 2 aromatic rings. The minimum Gasteiger partial charge on any atom is -0.307 e. The van der Waals surface area contributed by atoms with Gasteiger partial charge in [-0.05, 0) is 24.1 Å². The Morgan fingerprint density at radius 3 is 2.71 bits per heavy atom. The van der Waals surface area contributed by atoms with E-state index < -0.39 is 0 Å². The molecule has 2 rings (SSSR count). The molecule has 17 heavy (non-hydrogen) atoms. The molecule has 5 nitrogen and oxygen atoms in total. The molecule has 0 saturated carbocycles. The Kier molecular flexibility index (Phi) is 3.82. The molecule has 0 saturated heterocycles. The second kappa shape index (κ2) is 5.54. The lowest BCUT2D eigenvalue weighted by Gasteiger charge is -2.12. The van der Waals surface area contributed by atoms with Crippen LogP contribution in [0.3, 0.4) is 0 Å². The first kappa shape index (κ1) is 11.7. The van der Waals surface area contributed by atoms with Crippen molar-refractivity contribution in [1.29, 1.82) is 0 Å². The average Bonchev–Trinajstić information content (AvgIpc) is 2.74. The maximum Gasteiger partial charge on any atom is 0.188 e. The number of tetrazole rings is 1. The molecule has 0 aliphatic carbocycles. The standard InChI is InChI=1S/C12H17N5/c1-10(8-11-6-4-3-5-7-11)13-9-12-14-16-17(2)15-12/h3-7,10,13H,8-9H2,1-2H3. The zero-order valence-electron chi connectivity index (χ0n) is 10.2. The first-order valence-corrected chi connectivity index (χ1v) is 5.74. The van der Waals surface area contributed by atoms with Gasteiger partial charge in [0.15, 0.2) is 5.82 Å². The van der Waals surface area contributed by atoms with Crippen molar-refractivity contribution in [2.24, 2.45) is 7.05 Å². The van der Waals surface area contributed by atoms with Crippen LogP contribution in [0.2, 0.25) is 0 Å². The van der Waals surface area contributed by atoms with Crippen LogP contribution >= 0.6 is 0 Å².